The monoisotopic (exact) mass is 340 g/mol. The Morgan fingerprint density at radius 3 is 2.35 bits per heavy atom. The second kappa shape index (κ2) is 5.97. The molecule has 0 aliphatic carbocycles. The molecule has 6 heteroatoms. The number of hydrogen-bond donors (Lipinski definition) is 1. The number of nitrogens with zero attached hydrogens (tertiary/aromatic N) is 1. The summed E-state index contributed by atoms with van der Waals surface area (Å²) in [5.74, 6) is -3.97. The SMILES string of the molecule is N#Cc1cc(Br)ccc1NCc1cc(F)c(F)c(F)c1. The third-order valence-corrected chi connectivity index (χ3v) is 3.12. The summed E-state index contributed by atoms with van der Waals surface area (Å²) >= 11 is 3.24. The van der Waals surface area contributed by atoms with Gasteiger partial charge in [-0.3, -0.25) is 0 Å². The van der Waals surface area contributed by atoms with Crippen molar-refractivity contribution in [2.24, 2.45) is 0 Å². The van der Waals surface area contributed by atoms with E-state index in [1.54, 1.807) is 18.2 Å². The van der Waals surface area contributed by atoms with Gasteiger partial charge in [0.25, 0.3) is 0 Å². The van der Waals surface area contributed by atoms with E-state index in [0.717, 1.165) is 16.6 Å². The van der Waals surface area contributed by atoms with Crippen LogP contribution in [-0.4, -0.2) is 0 Å². The summed E-state index contributed by atoms with van der Waals surface area (Å²) in [4.78, 5) is 0. The molecule has 2 nitrogen and oxygen atoms in total. The molecule has 0 heterocycles. The zero-order chi connectivity index (χ0) is 14.7. The van der Waals surface area contributed by atoms with E-state index >= 15 is 0 Å². The Morgan fingerprint density at radius 1 is 1.10 bits per heavy atom. The molecule has 102 valence electrons. The topological polar surface area (TPSA) is 35.8 Å². The zero-order valence-electron chi connectivity index (χ0n) is 10.1. The van der Waals surface area contributed by atoms with E-state index in [0.29, 0.717) is 11.3 Å². The quantitative estimate of drug-likeness (QED) is 0.843. The van der Waals surface area contributed by atoms with Gasteiger partial charge in [0.1, 0.15) is 6.07 Å². The number of benzene rings is 2. The zero-order valence-corrected chi connectivity index (χ0v) is 11.6. The second-order valence-electron chi connectivity index (χ2n) is 4.03. The van der Waals surface area contributed by atoms with E-state index in [2.05, 4.69) is 21.2 Å². The van der Waals surface area contributed by atoms with Crippen LogP contribution >= 0.6 is 15.9 Å². The van der Waals surface area contributed by atoms with E-state index < -0.39 is 17.5 Å². The van der Waals surface area contributed by atoms with Gasteiger partial charge in [-0.25, -0.2) is 13.2 Å². The van der Waals surface area contributed by atoms with Crippen LogP contribution in [0.25, 0.3) is 0 Å². The first-order valence-electron chi connectivity index (χ1n) is 5.58. The molecule has 0 saturated heterocycles. The number of rotatable bonds is 3. The second-order valence-corrected chi connectivity index (χ2v) is 4.94. The predicted octanol–water partition coefficient (Wildman–Crippen LogP) is 4.35. The lowest BCUT2D eigenvalue weighted by atomic mass is 10.1. The number of hydrogen-bond acceptors (Lipinski definition) is 2. The maximum Gasteiger partial charge on any atom is 0.194 e. The highest BCUT2D eigenvalue weighted by molar-refractivity contribution is 9.10. The molecule has 0 fully saturated rings. The average Bonchev–Trinajstić information content (AvgIpc) is 2.43. The minimum absolute atomic E-state index is 0.0738. The summed E-state index contributed by atoms with van der Waals surface area (Å²) in [5.41, 5.74) is 1.16. The third-order valence-electron chi connectivity index (χ3n) is 2.63. The van der Waals surface area contributed by atoms with E-state index in [9.17, 15) is 13.2 Å². The summed E-state index contributed by atoms with van der Waals surface area (Å²) in [6.07, 6.45) is 0. The van der Waals surface area contributed by atoms with Gasteiger partial charge in [-0.2, -0.15) is 5.26 Å². The molecule has 0 spiro atoms. The number of nitrogens with one attached hydrogen (secondary N) is 1. The van der Waals surface area contributed by atoms with Gasteiger partial charge in [-0.15, -0.1) is 0 Å². The van der Waals surface area contributed by atoms with E-state index in [-0.39, 0.29) is 12.1 Å². The number of nitriles is 1. The van der Waals surface area contributed by atoms with Crippen molar-refractivity contribution in [2.75, 3.05) is 5.32 Å². The van der Waals surface area contributed by atoms with Crippen LogP contribution in [0.15, 0.2) is 34.8 Å². The highest BCUT2D eigenvalue weighted by Crippen LogP contribution is 2.21. The molecule has 0 unspecified atom stereocenters. The Labute approximate surface area is 122 Å². The van der Waals surface area contributed by atoms with Crippen LogP contribution < -0.4 is 5.32 Å². The van der Waals surface area contributed by atoms with Crippen molar-refractivity contribution in [3.8, 4) is 6.07 Å². The fourth-order valence-electron chi connectivity index (χ4n) is 1.67. The van der Waals surface area contributed by atoms with Crippen molar-refractivity contribution in [3.05, 3.63) is 63.4 Å². The minimum atomic E-state index is -1.49. The first-order valence-corrected chi connectivity index (χ1v) is 6.37. The van der Waals surface area contributed by atoms with Crippen molar-refractivity contribution in [1.29, 1.82) is 5.26 Å². The van der Waals surface area contributed by atoms with Gasteiger partial charge < -0.3 is 5.32 Å². The van der Waals surface area contributed by atoms with Crippen LogP contribution in [0.3, 0.4) is 0 Å². The van der Waals surface area contributed by atoms with Gasteiger partial charge in [0.05, 0.1) is 11.3 Å². The molecule has 2 aromatic rings. The molecule has 0 aliphatic rings. The van der Waals surface area contributed by atoms with Crippen LogP contribution in [0, 0.1) is 28.8 Å². The standard InChI is InChI=1S/C14H8BrF3N2/c15-10-1-2-13(9(5-10)6-19)20-7-8-3-11(16)14(18)12(17)4-8/h1-5,20H,7H2. The van der Waals surface area contributed by atoms with Crippen molar-refractivity contribution in [1.82, 2.24) is 0 Å². The molecule has 0 amide bonds. The fourth-order valence-corrected chi connectivity index (χ4v) is 2.03. The Hall–Kier alpha value is -2.00. The molecule has 0 saturated carbocycles. The lowest BCUT2D eigenvalue weighted by Gasteiger charge is -2.09. The molecule has 0 bridgehead atoms. The van der Waals surface area contributed by atoms with Crippen LogP contribution in [0.4, 0.5) is 18.9 Å². The average molecular weight is 341 g/mol. The Morgan fingerprint density at radius 2 is 1.75 bits per heavy atom. The largest absolute Gasteiger partial charge is 0.380 e. The molecule has 0 radical (unpaired) electrons. The van der Waals surface area contributed by atoms with Crippen LogP contribution in [-0.2, 0) is 6.54 Å². The van der Waals surface area contributed by atoms with Crippen molar-refractivity contribution >= 4 is 21.6 Å². The first-order chi connectivity index (χ1) is 9.51. The normalized spacial score (nSPS) is 10.2. The maximum absolute atomic E-state index is 13.1. The van der Waals surface area contributed by atoms with Crippen molar-refractivity contribution in [3.63, 3.8) is 0 Å². The molecule has 2 rings (SSSR count). The molecular weight excluding hydrogens is 333 g/mol. The molecule has 1 N–H and O–H groups in total. The van der Waals surface area contributed by atoms with E-state index in [4.69, 9.17) is 5.26 Å². The minimum Gasteiger partial charge on any atom is -0.380 e. The first kappa shape index (κ1) is 14.4. The highest BCUT2D eigenvalue weighted by Gasteiger charge is 2.10. The lowest BCUT2D eigenvalue weighted by Crippen LogP contribution is -2.03. The summed E-state index contributed by atoms with van der Waals surface area (Å²) in [5, 5.41) is 11.9. The van der Waals surface area contributed by atoms with Crippen molar-refractivity contribution < 1.29 is 13.2 Å². The summed E-state index contributed by atoms with van der Waals surface area (Å²) < 4.78 is 39.7. The Balaban J connectivity index is 2.19. The van der Waals surface area contributed by atoms with Gasteiger partial charge >= 0.3 is 0 Å². The summed E-state index contributed by atoms with van der Waals surface area (Å²) in [6.45, 7) is 0.0738. The van der Waals surface area contributed by atoms with Gasteiger partial charge in [-0.1, -0.05) is 15.9 Å². The summed E-state index contributed by atoms with van der Waals surface area (Å²) in [7, 11) is 0. The van der Waals surface area contributed by atoms with E-state index in [1.807, 2.05) is 6.07 Å². The van der Waals surface area contributed by atoms with Gasteiger partial charge in [-0.05, 0) is 35.9 Å². The van der Waals surface area contributed by atoms with Gasteiger partial charge in [0.2, 0.25) is 0 Å². The predicted molar refractivity (Wildman–Crippen MR) is 72.5 cm³/mol. The molecule has 0 aliphatic heterocycles. The molecule has 0 atom stereocenters. The van der Waals surface area contributed by atoms with Crippen LogP contribution in [0.1, 0.15) is 11.1 Å². The Kier molecular flexibility index (Phi) is 4.30. The summed E-state index contributed by atoms with van der Waals surface area (Å²) in [6, 6.07) is 8.85. The highest BCUT2D eigenvalue weighted by atomic mass is 79.9. The number of anilines is 1. The van der Waals surface area contributed by atoms with E-state index in [1.165, 1.54) is 0 Å². The van der Waals surface area contributed by atoms with Crippen LogP contribution in [0.2, 0.25) is 0 Å². The number of halogens is 4. The fraction of sp³-hybridized carbons (Fsp3) is 0.0714. The Bertz CT molecular complexity index is 672. The molecule has 0 aromatic heterocycles. The third kappa shape index (κ3) is 3.11. The van der Waals surface area contributed by atoms with Gasteiger partial charge in [0.15, 0.2) is 17.5 Å². The van der Waals surface area contributed by atoms with Gasteiger partial charge in [0, 0.05) is 11.0 Å². The molecule has 20 heavy (non-hydrogen) atoms. The van der Waals surface area contributed by atoms with Crippen LogP contribution in [0.5, 0.6) is 0 Å². The maximum atomic E-state index is 13.1. The molecular formula is C14H8BrF3N2. The smallest absolute Gasteiger partial charge is 0.194 e. The van der Waals surface area contributed by atoms with Crippen molar-refractivity contribution in [2.45, 2.75) is 6.54 Å². The molecule has 2 aromatic carbocycles. The lowest BCUT2D eigenvalue weighted by molar-refractivity contribution is 0.445.